The van der Waals surface area contributed by atoms with Crippen LogP contribution < -0.4 is 11.5 Å². The molecule has 30 heteroatoms. The first-order valence-corrected chi connectivity index (χ1v) is 20.3. The normalized spacial score (nSPS) is 34.8. The van der Waals surface area contributed by atoms with E-state index in [4.69, 9.17) is 40.5 Å². The number of hydrogen-bond acceptors (Lipinski definition) is 18. The summed E-state index contributed by atoms with van der Waals surface area (Å²) in [6.45, 7) is -1.99. The second-order valence-corrected chi connectivity index (χ2v) is 17.0. The quantitative estimate of drug-likeness (QED) is 0.0699. The molecule has 0 aromatic rings. The molecule has 2 fully saturated rings. The van der Waals surface area contributed by atoms with Gasteiger partial charge < -0.3 is 80.5 Å². The molecule has 2 saturated heterocycles. The molecule has 2 amide bonds. The lowest BCUT2D eigenvalue weighted by Gasteiger charge is -2.36. The average molecular weight is 830 g/mol. The Labute approximate surface area is 291 Å². The molecule has 52 heavy (non-hydrogen) atoms. The smallest absolute Gasteiger partial charge is 0.387 e. The minimum atomic E-state index is -5.46. The summed E-state index contributed by atoms with van der Waals surface area (Å²) in [7, 11) is -21.6. The Balaban J connectivity index is 1.47. The van der Waals surface area contributed by atoms with Gasteiger partial charge in [-0.1, -0.05) is 12.2 Å². The van der Waals surface area contributed by atoms with Crippen LogP contribution in [0.1, 0.15) is 0 Å². The van der Waals surface area contributed by atoms with Gasteiger partial charge in [0.2, 0.25) is 11.8 Å². The number of hydrogen-bond donors (Lipinski definition) is 12. The monoisotopic (exact) mass is 830 g/mol. The molecule has 0 radical (unpaired) electrons. The van der Waals surface area contributed by atoms with Crippen molar-refractivity contribution in [2.75, 3.05) is 13.2 Å². The first-order chi connectivity index (χ1) is 23.8. The minimum Gasteiger partial charge on any atom is -0.387 e. The van der Waals surface area contributed by atoms with E-state index in [0.717, 1.165) is 22.2 Å². The van der Waals surface area contributed by atoms with Crippen molar-refractivity contribution < 1.29 is 105 Å². The number of phosphoric acid groups is 4. The summed E-state index contributed by atoms with van der Waals surface area (Å²) >= 11 is 0. The van der Waals surface area contributed by atoms with E-state index >= 15 is 0 Å². The third-order valence-electron chi connectivity index (χ3n) is 7.67. The lowest BCUT2D eigenvalue weighted by atomic mass is 9.78. The van der Waals surface area contributed by atoms with Crippen LogP contribution in [0, 0.1) is 11.8 Å². The molecule has 12 atom stereocenters. The number of amides is 2. The number of nitrogens with two attached hydrogens (primary N) is 2. The lowest BCUT2D eigenvalue weighted by molar-refractivity contribution is -0.117. The zero-order valence-electron chi connectivity index (χ0n) is 25.9. The number of aliphatic hydroxyl groups excluding tert-OH is 4. The molecular weight excluding hydrogens is 796 g/mol. The number of primary amides is 2. The van der Waals surface area contributed by atoms with E-state index < -0.39 is 117 Å². The maximum absolute atomic E-state index is 12.6. The van der Waals surface area contributed by atoms with Gasteiger partial charge in [0.15, 0.2) is 12.5 Å². The van der Waals surface area contributed by atoms with E-state index in [2.05, 4.69) is 17.7 Å². The Morgan fingerprint density at radius 3 is 1.25 bits per heavy atom. The topological polar surface area (TPSA) is 419 Å². The fourth-order valence-corrected chi connectivity index (χ4v) is 8.65. The van der Waals surface area contributed by atoms with Crippen LogP contribution >= 0.6 is 31.3 Å². The van der Waals surface area contributed by atoms with Crippen LogP contribution in [0.15, 0.2) is 48.1 Å². The number of rotatable bonds is 15. The van der Waals surface area contributed by atoms with E-state index in [1.807, 2.05) is 0 Å². The molecule has 0 spiro atoms. The Morgan fingerprint density at radius 1 is 0.635 bits per heavy atom. The number of aliphatic hydroxyl groups is 4. The van der Waals surface area contributed by atoms with Gasteiger partial charge in [-0.25, -0.2) is 18.3 Å². The van der Waals surface area contributed by atoms with E-state index in [0.29, 0.717) is 0 Å². The summed E-state index contributed by atoms with van der Waals surface area (Å²) in [5.41, 5.74) is 10.8. The van der Waals surface area contributed by atoms with Crippen LogP contribution in [0.25, 0.3) is 0 Å². The van der Waals surface area contributed by atoms with Gasteiger partial charge in [0, 0.05) is 47.8 Å². The SMILES string of the molecule is NC(=O)C1=CN([C@@H]2O[C@H](COP(=O)(O)OP(=O)(O)O)[C@@H](O)[C@H]2O)C=CC1C1C=CN([C@@H]2O[C@H](COP(=O)(O)OP(=O)(O)O)[C@@H](O)[C@H]2O)C=C1C(N)=O. The molecule has 4 heterocycles. The third kappa shape index (κ3) is 10.5. The molecule has 0 bridgehead atoms. The summed E-state index contributed by atoms with van der Waals surface area (Å²) in [5.74, 6) is -4.14. The number of carbonyl (C=O) groups excluding carboxylic acids is 2. The van der Waals surface area contributed by atoms with Crippen molar-refractivity contribution in [3.63, 3.8) is 0 Å². The van der Waals surface area contributed by atoms with E-state index in [9.17, 15) is 58.1 Å². The first-order valence-electron chi connectivity index (χ1n) is 14.3. The highest BCUT2D eigenvalue weighted by molar-refractivity contribution is 7.61. The molecule has 0 saturated carbocycles. The van der Waals surface area contributed by atoms with Crippen molar-refractivity contribution in [1.82, 2.24) is 9.80 Å². The standard InChI is InChI=1S/C22H34N4O22P4/c23-19(31)11-5-25(21-17(29)15(27)13(45-21)7-43-51(39,40)47-49(33,34)35)3-1-9(11)10-2-4-26(6-12(10)20(24)32)22-18(30)16(28)14(46-22)8-44-52(41,42)48-50(36,37)38/h1-6,9-10,13-18,21-22,27-30H,7-8H2,(H2,23,31)(H2,24,32)(H,39,40)(H,41,42)(H2,33,34,35)(H2,36,37,38)/t9?,10?,13-,14-,15-,16-,17-,18-,21-,22-/m1/s1. The van der Waals surface area contributed by atoms with Crippen LogP contribution in [0.2, 0.25) is 0 Å². The summed E-state index contributed by atoms with van der Waals surface area (Å²) < 4.78 is 72.6. The summed E-state index contributed by atoms with van der Waals surface area (Å²) in [6.07, 6.45) is -5.84. The fraction of sp³-hybridized carbons (Fsp3) is 0.545. The number of phosphoric ester groups is 2. The second kappa shape index (κ2) is 15.9. The van der Waals surface area contributed by atoms with Gasteiger partial charge in [-0.3, -0.25) is 18.6 Å². The Hall–Kier alpha value is -2.22. The number of carbonyl (C=O) groups is 2. The fourth-order valence-electron chi connectivity index (χ4n) is 5.45. The van der Waals surface area contributed by atoms with Crippen molar-refractivity contribution >= 4 is 43.1 Å². The molecule has 0 aromatic carbocycles. The summed E-state index contributed by atoms with van der Waals surface area (Å²) in [4.78, 5) is 81.3. The van der Waals surface area contributed by atoms with E-state index in [1.165, 1.54) is 24.6 Å². The number of ether oxygens (including phenoxy) is 2. The molecule has 14 N–H and O–H groups in total. The van der Waals surface area contributed by atoms with Gasteiger partial charge in [-0.2, -0.15) is 8.62 Å². The van der Waals surface area contributed by atoms with Crippen molar-refractivity contribution in [2.45, 2.75) is 49.1 Å². The van der Waals surface area contributed by atoms with E-state index in [1.54, 1.807) is 0 Å². The summed E-state index contributed by atoms with van der Waals surface area (Å²) in [5, 5.41) is 42.1. The molecule has 4 rings (SSSR count). The van der Waals surface area contributed by atoms with Crippen LogP contribution in [0.3, 0.4) is 0 Å². The van der Waals surface area contributed by atoms with Crippen LogP contribution in [0.5, 0.6) is 0 Å². The average Bonchev–Trinajstić information content (AvgIpc) is 3.45. The Kier molecular flexibility index (Phi) is 13.0. The molecule has 4 unspecified atom stereocenters. The van der Waals surface area contributed by atoms with Gasteiger partial charge in [0.25, 0.3) is 0 Å². The molecule has 294 valence electrons. The molecule has 26 nitrogen and oxygen atoms in total. The lowest BCUT2D eigenvalue weighted by Crippen LogP contribution is -2.43. The minimum absolute atomic E-state index is 0.201. The zero-order chi connectivity index (χ0) is 39.1. The van der Waals surface area contributed by atoms with Crippen LogP contribution in [0.4, 0.5) is 0 Å². The zero-order valence-corrected chi connectivity index (χ0v) is 29.4. The van der Waals surface area contributed by atoms with Crippen LogP contribution in [-0.2, 0) is 55.0 Å². The van der Waals surface area contributed by atoms with Gasteiger partial charge in [0.1, 0.15) is 36.6 Å². The molecule has 4 aliphatic heterocycles. The maximum Gasteiger partial charge on any atom is 0.481 e. The van der Waals surface area contributed by atoms with Crippen molar-refractivity contribution in [3.05, 3.63) is 48.1 Å². The summed E-state index contributed by atoms with van der Waals surface area (Å²) in [6, 6.07) is 0. The highest BCUT2D eigenvalue weighted by atomic mass is 31.3. The molecule has 0 aliphatic carbocycles. The largest absolute Gasteiger partial charge is 0.481 e. The van der Waals surface area contributed by atoms with Gasteiger partial charge in [0.05, 0.1) is 13.2 Å². The van der Waals surface area contributed by atoms with Gasteiger partial charge in [-0.15, -0.1) is 0 Å². The van der Waals surface area contributed by atoms with Gasteiger partial charge >= 0.3 is 31.3 Å². The van der Waals surface area contributed by atoms with Crippen molar-refractivity contribution in [2.24, 2.45) is 23.3 Å². The highest BCUT2D eigenvalue weighted by Crippen LogP contribution is 2.58. The third-order valence-corrected chi connectivity index (χ3v) is 12.0. The number of nitrogens with zero attached hydrogens (tertiary/aromatic N) is 2. The predicted octanol–water partition coefficient (Wildman–Crippen LogP) is -4.04. The predicted molar refractivity (Wildman–Crippen MR) is 163 cm³/mol. The second-order valence-electron chi connectivity index (χ2n) is 11.3. The van der Waals surface area contributed by atoms with E-state index in [-0.39, 0.29) is 11.1 Å². The number of allylic oxidation sites excluding steroid dienone is 2. The molecule has 4 aliphatic rings. The molecular formula is C22H34N4O22P4. The molecule has 0 aromatic heterocycles. The van der Waals surface area contributed by atoms with Crippen molar-refractivity contribution in [1.29, 1.82) is 0 Å². The Bertz CT molecular complexity index is 1590. The van der Waals surface area contributed by atoms with Gasteiger partial charge in [-0.05, 0) is 0 Å². The highest BCUT2D eigenvalue weighted by Gasteiger charge is 2.49. The first kappa shape index (κ1) is 42.5. The van der Waals surface area contributed by atoms with Crippen LogP contribution in [-0.4, -0.2) is 134 Å². The van der Waals surface area contributed by atoms with Crippen molar-refractivity contribution in [3.8, 4) is 0 Å². The maximum atomic E-state index is 12.6. The Morgan fingerprint density at radius 2 is 0.962 bits per heavy atom.